The van der Waals surface area contributed by atoms with Crippen LogP contribution in [0.3, 0.4) is 0 Å². The second-order valence-electron chi connectivity index (χ2n) is 8.52. The number of aromatic carboxylic acids is 1. The summed E-state index contributed by atoms with van der Waals surface area (Å²) >= 11 is 1.14. The first-order valence-electron chi connectivity index (χ1n) is 10.6. The van der Waals surface area contributed by atoms with Crippen molar-refractivity contribution >= 4 is 23.3 Å². The van der Waals surface area contributed by atoms with Crippen LogP contribution in [-0.4, -0.2) is 59.9 Å². The highest BCUT2D eigenvalue weighted by atomic mass is 32.1. The van der Waals surface area contributed by atoms with Crippen LogP contribution in [0.25, 0.3) is 0 Å². The minimum absolute atomic E-state index is 0.0342. The average molecular weight is 445 g/mol. The predicted molar refractivity (Wildman–Crippen MR) is 117 cm³/mol. The van der Waals surface area contributed by atoms with Gasteiger partial charge in [-0.3, -0.25) is 5.32 Å². The fourth-order valence-electron chi connectivity index (χ4n) is 4.51. The number of hydrogen-bond acceptors (Lipinski definition) is 7. The van der Waals surface area contributed by atoms with Crippen molar-refractivity contribution in [2.24, 2.45) is 5.41 Å². The third-order valence-corrected chi connectivity index (χ3v) is 7.75. The van der Waals surface area contributed by atoms with Gasteiger partial charge in [-0.05, 0) is 56.6 Å². The van der Waals surface area contributed by atoms with Gasteiger partial charge in [0.1, 0.15) is 4.88 Å². The number of carbonyl (C=O) groups is 2. The number of nitrogens with one attached hydrogen (secondary N) is 1. The summed E-state index contributed by atoms with van der Waals surface area (Å²) in [6, 6.07) is 12.3. The van der Waals surface area contributed by atoms with Gasteiger partial charge in [-0.25, -0.2) is 9.59 Å². The van der Waals surface area contributed by atoms with Gasteiger partial charge in [-0.15, -0.1) is 11.3 Å². The Balaban J connectivity index is 1.52. The molecule has 0 amide bonds. The van der Waals surface area contributed by atoms with Crippen molar-refractivity contribution in [2.45, 2.75) is 31.3 Å². The molecule has 3 aliphatic rings. The summed E-state index contributed by atoms with van der Waals surface area (Å²) < 4.78 is 5.87. The molecule has 2 aromatic rings. The number of carboxylic acid groups (broad SMARTS) is 1. The number of benzene rings is 1. The highest BCUT2D eigenvalue weighted by Crippen LogP contribution is 2.40. The van der Waals surface area contributed by atoms with Gasteiger partial charge in [-0.1, -0.05) is 30.3 Å². The minimum Gasteiger partial charge on any atom is -0.477 e. The number of aliphatic hydroxyl groups excluding tert-OH is 1. The number of fused-ring (bicyclic) bond motifs is 3. The Labute approximate surface area is 185 Å². The molecule has 0 saturated carbocycles. The molecule has 5 rings (SSSR count). The van der Waals surface area contributed by atoms with Crippen LogP contribution in [0, 0.1) is 5.41 Å². The first-order valence-corrected chi connectivity index (χ1v) is 11.4. The van der Waals surface area contributed by atoms with Crippen molar-refractivity contribution in [2.75, 3.05) is 32.8 Å². The van der Waals surface area contributed by atoms with Crippen molar-refractivity contribution in [3.63, 3.8) is 0 Å². The molecular formula is C23H28N2O5S. The van der Waals surface area contributed by atoms with E-state index in [-0.39, 0.29) is 16.8 Å². The lowest BCUT2D eigenvalue weighted by Gasteiger charge is -2.48. The van der Waals surface area contributed by atoms with Gasteiger partial charge in [0.15, 0.2) is 5.54 Å². The molecule has 1 atom stereocenters. The normalized spacial score (nSPS) is 24.5. The third-order valence-electron chi connectivity index (χ3n) is 6.67. The van der Waals surface area contributed by atoms with Crippen molar-refractivity contribution in [3.05, 3.63) is 57.8 Å². The van der Waals surface area contributed by atoms with Crippen molar-refractivity contribution in [1.82, 2.24) is 10.2 Å². The summed E-state index contributed by atoms with van der Waals surface area (Å²) in [4.78, 5) is 28.0. The molecule has 4 heterocycles. The SMILES string of the molecule is O=C(O)c1ccc(CNC(CO)(C(=O)OCC23CCN(CC2)CC3)c2ccccc2)s1. The number of carbonyl (C=O) groups excluding carboxylic acids is 1. The summed E-state index contributed by atoms with van der Waals surface area (Å²) in [5.41, 5.74) is -0.763. The van der Waals surface area contributed by atoms with E-state index >= 15 is 0 Å². The van der Waals surface area contributed by atoms with Gasteiger partial charge in [-0.2, -0.15) is 0 Å². The van der Waals surface area contributed by atoms with Crippen LogP contribution in [0.5, 0.6) is 0 Å². The average Bonchev–Trinajstić information content (AvgIpc) is 3.30. The number of esters is 1. The molecule has 7 nitrogen and oxygen atoms in total. The Kier molecular flexibility index (Phi) is 6.43. The van der Waals surface area contributed by atoms with Crippen LogP contribution in [-0.2, 0) is 21.6 Å². The van der Waals surface area contributed by atoms with Crippen LogP contribution in [0.2, 0.25) is 0 Å². The molecule has 8 heteroatoms. The lowest BCUT2D eigenvalue weighted by atomic mass is 9.73. The van der Waals surface area contributed by atoms with Crippen LogP contribution in [0.4, 0.5) is 0 Å². The first kappa shape index (κ1) is 22.0. The number of rotatable bonds is 9. The number of aliphatic hydroxyl groups is 1. The zero-order chi connectivity index (χ0) is 21.9. The summed E-state index contributed by atoms with van der Waals surface area (Å²) in [5.74, 6) is -1.48. The molecule has 2 bridgehead atoms. The van der Waals surface area contributed by atoms with Crippen LogP contribution in [0.1, 0.15) is 39.4 Å². The quantitative estimate of drug-likeness (QED) is 0.511. The fourth-order valence-corrected chi connectivity index (χ4v) is 5.29. The van der Waals surface area contributed by atoms with Crippen LogP contribution >= 0.6 is 11.3 Å². The third kappa shape index (κ3) is 4.52. The van der Waals surface area contributed by atoms with E-state index in [0.29, 0.717) is 12.2 Å². The zero-order valence-corrected chi connectivity index (χ0v) is 18.2. The van der Waals surface area contributed by atoms with Gasteiger partial charge < -0.3 is 19.8 Å². The number of thiophene rings is 1. The van der Waals surface area contributed by atoms with Gasteiger partial charge in [0.25, 0.3) is 0 Å². The van der Waals surface area contributed by atoms with E-state index in [1.807, 2.05) is 18.2 Å². The Morgan fingerprint density at radius 3 is 2.35 bits per heavy atom. The van der Waals surface area contributed by atoms with E-state index in [2.05, 4.69) is 10.2 Å². The summed E-state index contributed by atoms with van der Waals surface area (Å²) in [5, 5.41) is 22.7. The number of piperidine rings is 3. The lowest BCUT2D eigenvalue weighted by Crippen LogP contribution is -2.55. The number of carboxylic acids is 1. The number of nitrogens with zero attached hydrogens (tertiary/aromatic N) is 1. The molecular weight excluding hydrogens is 416 g/mol. The maximum absolute atomic E-state index is 13.4. The zero-order valence-electron chi connectivity index (χ0n) is 17.4. The molecule has 31 heavy (non-hydrogen) atoms. The molecule has 3 N–H and O–H groups in total. The Morgan fingerprint density at radius 2 is 1.77 bits per heavy atom. The number of hydrogen-bond donors (Lipinski definition) is 3. The van der Waals surface area contributed by atoms with Gasteiger partial charge >= 0.3 is 11.9 Å². The molecule has 3 saturated heterocycles. The second kappa shape index (κ2) is 9.08. The molecule has 1 unspecified atom stereocenters. The lowest BCUT2D eigenvalue weighted by molar-refractivity contribution is -0.161. The molecule has 0 radical (unpaired) electrons. The molecule has 3 fully saturated rings. The summed E-state index contributed by atoms with van der Waals surface area (Å²) in [6.07, 6.45) is 3.08. The Bertz CT molecular complexity index is 909. The predicted octanol–water partition coefficient (Wildman–Crippen LogP) is 2.45. The van der Waals surface area contributed by atoms with Gasteiger partial charge in [0, 0.05) is 16.8 Å². The second-order valence-corrected chi connectivity index (χ2v) is 9.69. The largest absolute Gasteiger partial charge is 0.477 e. The maximum Gasteiger partial charge on any atom is 0.345 e. The molecule has 1 aromatic heterocycles. The Morgan fingerprint density at radius 1 is 1.10 bits per heavy atom. The van der Waals surface area contributed by atoms with Crippen LogP contribution in [0.15, 0.2) is 42.5 Å². The molecule has 166 valence electrons. The summed E-state index contributed by atoms with van der Waals surface area (Å²) in [7, 11) is 0. The van der Waals surface area contributed by atoms with E-state index in [9.17, 15) is 14.7 Å². The fraction of sp³-hybridized carbons (Fsp3) is 0.478. The summed E-state index contributed by atoms with van der Waals surface area (Å²) in [6.45, 7) is 3.27. The standard InChI is InChI=1S/C23H28N2O5S/c26-15-23(17-4-2-1-3-5-17,24-14-18-6-7-19(31-18)20(27)28)21(29)30-16-22-8-11-25(12-9-22)13-10-22/h1-7,24,26H,8-16H2,(H,27,28). The highest BCUT2D eigenvalue weighted by molar-refractivity contribution is 7.13. The first-order chi connectivity index (χ1) is 15.0. The van der Waals surface area contributed by atoms with E-state index in [0.717, 1.165) is 55.1 Å². The van der Waals surface area contributed by atoms with E-state index in [1.165, 1.54) is 0 Å². The highest BCUT2D eigenvalue weighted by Gasteiger charge is 2.45. The molecule has 1 aromatic carbocycles. The van der Waals surface area contributed by atoms with Crippen molar-refractivity contribution in [1.29, 1.82) is 0 Å². The topological polar surface area (TPSA) is 99.1 Å². The van der Waals surface area contributed by atoms with E-state index < -0.39 is 24.1 Å². The molecule has 0 spiro atoms. The van der Waals surface area contributed by atoms with Crippen molar-refractivity contribution in [3.8, 4) is 0 Å². The Hall–Kier alpha value is -2.26. The smallest absolute Gasteiger partial charge is 0.345 e. The van der Waals surface area contributed by atoms with E-state index in [1.54, 1.807) is 24.3 Å². The maximum atomic E-state index is 13.4. The van der Waals surface area contributed by atoms with Crippen molar-refractivity contribution < 1.29 is 24.5 Å². The van der Waals surface area contributed by atoms with Gasteiger partial charge in [0.2, 0.25) is 0 Å². The van der Waals surface area contributed by atoms with Gasteiger partial charge in [0.05, 0.1) is 13.2 Å². The molecule has 3 aliphatic heterocycles. The number of ether oxygens (including phenoxy) is 1. The monoisotopic (exact) mass is 444 g/mol. The van der Waals surface area contributed by atoms with Crippen LogP contribution < -0.4 is 5.32 Å². The van der Waals surface area contributed by atoms with E-state index in [4.69, 9.17) is 9.84 Å². The molecule has 0 aliphatic carbocycles. The minimum atomic E-state index is -1.42.